The maximum absolute atomic E-state index is 11.8. The van der Waals surface area contributed by atoms with Gasteiger partial charge < -0.3 is 10.6 Å². The molecule has 0 aliphatic rings. The molecule has 2 N–H and O–H groups in total. The van der Waals surface area contributed by atoms with Crippen molar-refractivity contribution in [2.24, 2.45) is 0 Å². The first kappa shape index (κ1) is 14.7. The Morgan fingerprint density at radius 1 is 1.10 bits per heavy atom. The molecule has 2 aromatic rings. The summed E-state index contributed by atoms with van der Waals surface area (Å²) in [6.07, 6.45) is 0. The van der Waals surface area contributed by atoms with Crippen LogP contribution in [-0.2, 0) is 4.79 Å². The van der Waals surface area contributed by atoms with E-state index in [1.54, 1.807) is 24.3 Å². The van der Waals surface area contributed by atoms with Crippen molar-refractivity contribution in [3.05, 3.63) is 58.1 Å². The summed E-state index contributed by atoms with van der Waals surface area (Å²) >= 11 is 11.8. The van der Waals surface area contributed by atoms with Crippen LogP contribution in [0, 0.1) is 6.92 Å². The average Bonchev–Trinajstić information content (AvgIpc) is 2.43. The first-order valence-electron chi connectivity index (χ1n) is 6.10. The quantitative estimate of drug-likeness (QED) is 0.881. The van der Waals surface area contributed by atoms with Crippen LogP contribution in [0.15, 0.2) is 42.5 Å². The molecule has 0 radical (unpaired) electrons. The summed E-state index contributed by atoms with van der Waals surface area (Å²) in [5.41, 5.74) is 2.49. The SMILES string of the molecule is Cc1c(Cl)cccc1NCC(=O)Nc1ccc(Cl)cc1. The molecular weight excluding hydrogens is 295 g/mol. The van der Waals surface area contributed by atoms with E-state index in [4.69, 9.17) is 23.2 Å². The standard InChI is InChI=1S/C15H14Cl2N2O/c1-10-13(17)3-2-4-14(10)18-9-15(20)19-12-7-5-11(16)6-8-12/h2-8,18H,9H2,1H3,(H,19,20). The van der Waals surface area contributed by atoms with Crippen molar-refractivity contribution in [3.8, 4) is 0 Å². The summed E-state index contributed by atoms with van der Waals surface area (Å²) in [5, 5.41) is 7.15. The molecular formula is C15H14Cl2N2O. The summed E-state index contributed by atoms with van der Waals surface area (Å²) in [4.78, 5) is 11.8. The van der Waals surface area contributed by atoms with Gasteiger partial charge in [-0.1, -0.05) is 29.3 Å². The normalized spacial score (nSPS) is 10.2. The number of rotatable bonds is 4. The van der Waals surface area contributed by atoms with Crippen molar-refractivity contribution in [3.63, 3.8) is 0 Å². The summed E-state index contributed by atoms with van der Waals surface area (Å²) in [6.45, 7) is 2.07. The third-order valence-corrected chi connectivity index (χ3v) is 3.50. The minimum Gasteiger partial charge on any atom is -0.376 e. The van der Waals surface area contributed by atoms with Crippen molar-refractivity contribution < 1.29 is 4.79 Å². The lowest BCUT2D eigenvalue weighted by atomic mass is 10.2. The van der Waals surface area contributed by atoms with Gasteiger partial charge in [0.15, 0.2) is 0 Å². The molecule has 20 heavy (non-hydrogen) atoms. The second-order valence-electron chi connectivity index (χ2n) is 4.32. The van der Waals surface area contributed by atoms with Crippen molar-refractivity contribution in [1.82, 2.24) is 0 Å². The van der Waals surface area contributed by atoms with Crippen LogP contribution in [0.25, 0.3) is 0 Å². The topological polar surface area (TPSA) is 41.1 Å². The molecule has 0 aliphatic carbocycles. The zero-order valence-corrected chi connectivity index (χ0v) is 12.4. The van der Waals surface area contributed by atoms with E-state index in [9.17, 15) is 4.79 Å². The van der Waals surface area contributed by atoms with Gasteiger partial charge in [-0.2, -0.15) is 0 Å². The molecule has 1 amide bonds. The van der Waals surface area contributed by atoms with Crippen molar-refractivity contribution in [2.45, 2.75) is 6.92 Å². The highest BCUT2D eigenvalue weighted by atomic mass is 35.5. The number of hydrogen-bond donors (Lipinski definition) is 2. The van der Waals surface area contributed by atoms with E-state index in [1.165, 1.54) is 0 Å². The van der Waals surface area contributed by atoms with Crippen LogP contribution >= 0.6 is 23.2 Å². The molecule has 0 heterocycles. The first-order chi connectivity index (χ1) is 9.56. The summed E-state index contributed by atoms with van der Waals surface area (Å²) in [5.74, 6) is -0.133. The van der Waals surface area contributed by atoms with E-state index in [0.29, 0.717) is 15.7 Å². The van der Waals surface area contributed by atoms with E-state index in [-0.39, 0.29) is 12.5 Å². The van der Waals surface area contributed by atoms with Crippen LogP contribution in [0.3, 0.4) is 0 Å². The molecule has 0 bridgehead atoms. The number of benzene rings is 2. The van der Waals surface area contributed by atoms with Crippen molar-refractivity contribution >= 4 is 40.5 Å². The largest absolute Gasteiger partial charge is 0.376 e. The molecule has 0 fully saturated rings. The molecule has 0 unspecified atom stereocenters. The second-order valence-corrected chi connectivity index (χ2v) is 5.16. The summed E-state index contributed by atoms with van der Waals surface area (Å²) in [7, 11) is 0. The zero-order chi connectivity index (χ0) is 14.5. The Kier molecular flexibility index (Phi) is 4.88. The Hall–Kier alpha value is -1.71. The summed E-state index contributed by atoms with van der Waals surface area (Å²) in [6, 6.07) is 12.5. The molecule has 0 aliphatic heterocycles. The predicted octanol–water partition coefficient (Wildman–Crippen LogP) is 4.35. The van der Waals surface area contributed by atoms with Crippen LogP contribution in [0.1, 0.15) is 5.56 Å². The van der Waals surface area contributed by atoms with E-state index in [0.717, 1.165) is 11.3 Å². The number of amides is 1. The highest BCUT2D eigenvalue weighted by Gasteiger charge is 2.05. The molecule has 0 saturated carbocycles. The van der Waals surface area contributed by atoms with E-state index >= 15 is 0 Å². The van der Waals surface area contributed by atoms with Gasteiger partial charge in [0.2, 0.25) is 5.91 Å². The zero-order valence-electron chi connectivity index (χ0n) is 10.9. The van der Waals surface area contributed by atoms with Crippen molar-refractivity contribution in [1.29, 1.82) is 0 Å². The minimum atomic E-state index is -0.133. The van der Waals surface area contributed by atoms with Gasteiger partial charge in [-0.15, -0.1) is 0 Å². The van der Waals surface area contributed by atoms with Crippen LogP contribution in [0.2, 0.25) is 10.0 Å². The number of carbonyl (C=O) groups is 1. The molecule has 3 nitrogen and oxygen atoms in total. The lowest BCUT2D eigenvalue weighted by Crippen LogP contribution is -2.22. The number of hydrogen-bond acceptors (Lipinski definition) is 2. The average molecular weight is 309 g/mol. The van der Waals surface area contributed by atoms with Crippen LogP contribution < -0.4 is 10.6 Å². The van der Waals surface area contributed by atoms with Gasteiger partial charge in [-0.3, -0.25) is 4.79 Å². The smallest absolute Gasteiger partial charge is 0.243 e. The molecule has 0 spiro atoms. The van der Waals surface area contributed by atoms with Gasteiger partial charge in [-0.25, -0.2) is 0 Å². The number of anilines is 2. The Bertz CT molecular complexity index is 612. The number of nitrogens with one attached hydrogen (secondary N) is 2. The Morgan fingerprint density at radius 3 is 2.50 bits per heavy atom. The monoisotopic (exact) mass is 308 g/mol. The molecule has 0 aromatic heterocycles. The van der Waals surface area contributed by atoms with Gasteiger partial charge in [-0.05, 0) is 48.9 Å². The van der Waals surface area contributed by atoms with Gasteiger partial charge in [0.25, 0.3) is 0 Å². The molecule has 0 saturated heterocycles. The molecule has 2 rings (SSSR count). The fourth-order valence-corrected chi connectivity index (χ4v) is 2.01. The lowest BCUT2D eigenvalue weighted by Gasteiger charge is -2.11. The fraction of sp³-hybridized carbons (Fsp3) is 0.133. The van der Waals surface area contributed by atoms with Crippen LogP contribution in [-0.4, -0.2) is 12.5 Å². The van der Waals surface area contributed by atoms with E-state index < -0.39 is 0 Å². The first-order valence-corrected chi connectivity index (χ1v) is 6.86. The third kappa shape index (κ3) is 3.89. The van der Waals surface area contributed by atoms with Gasteiger partial charge in [0.1, 0.15) is 0 Å². The second kappa shape index (κ2) is 6.64. The summed E-state index contributed by atoms with van der Waals surface area (Å²) < 4.78 is 0. The fourth-order valence-electron chi connectivity index (χ4n) is 1.71. The Labute approximate surface area is 127 Å². The van der Waals surface area contributed by atoms with Crippen LogP contribution in [0.5, 0.6) is 0 Å². The maximum Gasteiger partial charge on any atom is 0.243 e. The predicted molar refractivity (Wildman–Crippen MR) is 84.8 cm³/mol. The highest BCUT2D eigenvalue weighted by molar-refractivity contribution is 6.31. The minimum absolute atomic E-state index is 0.133. The third-order valence-electron chi connectivity index (χ3n) is 2.84. The van der Waals surface area contributed by atoms with Gasteiger partial charge in [0.05, 0.1) is 6.54 Å². The molecule has 5 heteroatoms. The van der Waals surface area contributed by atoms with Crippen molar-refractivity contribution in [2.75, 3.05) is 17.2 Å². The van der Waals surface area contributed by atoms with E-state index in [2.05, 4.69) is 10.6 Å². The lowest BCUT2D eigenvalue weighted by molar-refractivity contribution is -0.114. The van der Waals surface area contributed by atoms with E-state index in [1.807, 2.05) is 25.1 Å². The molecule has 104 valence electrons. The molecule has 2 aromatic carbocycles. The highest BCUT2D eigenvalue weighted by Crippen LogP contribution is 2.22. The van der Waals surface area contributed by atoms with Gasteiger partial charge >= 0.3 is 0 Å². The maximum atomic E-state index is 11.8. The Balaban J connectivity index is 1.92. The number of carbonyl (C=O) groups excluding carboxylic acids is 1. The number of halogens is 2. The molecule has 0 atom stereocenters. The van der Waals surface area contributed by atoms with Gasteiger partial charge in [0, 0.05) is 21.4 Å². The van der Waals surface area contributed by atoms with Crippen LogP contribution in [0.4, 0.5) is 11.4 Å². The Morgan fingerprint density at radius 2 is 1.80 bits per heavy atom.